The van der Waals surface area contributed by atoms with Crippen molar-refractivity contribution in [1.82, 2.24) is 14.5 Å². The van der Waals surface area contributed by atoms with Gasteiger partial charge in [0.1, 0.15) is 11.6 Å². The van der Waals surface area contributed by atoms with Gasteiger partial charge >= 0.3 is 0 Å². The Labute approximate surface area is 136 Å². The molecule has 0 spiro atoms. The van der Waals surface area contributed by atoms with Gasteiger partial charge in [-0.15, -0.1) is 0 Å². The molecule has 2 heterocycles. The Morgan fingerprint density at radius 3 is 2.74 bits per heavy atom. The molecule has 1 saturated heterocycles. The first-order valence-electron chi connectivity index (χ1n) is 7.89. The number of hydrogen-bond acceptors (Lipinski definition) is 5. The molecule has 1 aromatic carbocycles. The molecule has 1 fully saturated rings. The molecule has 0 unspecified atom stereocenters. The fraction of sp³-hybridized carbons (Fsp3) is 0.471. The Morgan fingerprint density at radius 1 is 1.30 bits per heavy atom. The molecule has 2 aromatic rings. The van der Waals surface area contributed by atoms with E-state index >= 15 is 0 Å². The fourth-order valence-electron chi connectivity index (χ4n) is 3.03. The van der Waals surface area contributed by atoms with Crippen LogP contribution in [0.25, 0.3) is 5.69 Å². The van der Waals surface area contributed by atoms with Crippen LogP contribution < -0.4 is 4.74 Å². The van der Waals surface area contributed by atoms with Gasteiger partial charge in [-0.2, -0.15) is 0 Å². The third-order valence-electron chi connectivity index (χ3n) is 4.47. The van der Waals surface area contributed by atoms with Gasteiger partial charge < -0.3 is 19.5 Å². The van der Waals surface area contributed by atoms with E-state index in [2.05, 4.69) is 9.88 Å². The predicted octanol–water partition coefficient (Wildman–Crippen LogP) is 1.06. The summed E-state index contributed by atoms with van der Waals surface area (Å²) >= 11 is 0. The lowest BCUT2D eigenvalue weighted by atomic mass is 9.95. The van der Waals surface area contributed by atoms with Crippen molar-refractivity contribution in [3.63, 3.8) is 0 Å². The van der Waals surface area contributed by atoms with Crippen LogP contribution in [-0.2, 0) is 6.54 Å². The van der Waals surface area contributed by atoms with Crippen LogP contribution in [0.5, 0.6) is 5.75 Å². The molecule has 3 rings (SSSR count). The predicted molar refractivity (Wildman–Crippen MR) is 86.6 cm³/mol. The zero-order valence-corrected chi connectivity index (χ0v) is 13.3. The van der Waals surface area contributed by atoms with Crippen molar-refractivity contribution in [2.75, 3.05) is 26.8 Å². The van der Waals surface area contributed by atoms with Crippen LogP contribution >= 0.6 is 0 Å². The molecule has 1 aliphatic rings. The number of benzene rings is 1. The monoisotopic (exact) mass is 317 g/mol. The maximum absolute atomic E-state index is 10.1. The molecule has 0 radical (unpaired) electrons. The first-order valence-corrected chi connectivity index (χ1v) is 7.89. The lowest BCUT2D eigenvalue weighted by Gasteiger charge is -2.34. The summed E-state index contributed by atoms with van der Waals surface area (Å²) in [6.45, 7) is 2.15. The lowest BCUT2D eigenvalue weighted by Crippen LogP contribution is -2.44. The number of hydrogen-bond donors (Lipinski definition) is 2. The number of aliphatic hydroxyl groups excluding tert-OH is 2. The van der Waals surface area contributed by atoms with Crippen LogP contribution in [-0.4, -0.2) is 57.6 Å². The standard InChI is InChI=1S/C17H23N3O3/c1-23-15-4-2-14(3-5-15)20-9-7-18-17(20)11-19-8-6-13(12-21)16(22)10-19/h2-5,7,9,13,16,21-22H,6,8,10-12H2,1H3/t13-,16-/m1/s1. The van der Waals surface area contributed by atoms with E-state index in [1.165, 1.54) is 0 Å². The molecule has 6 heteroatoms. The summed E-state index contributed by atoms with van der Waals surface area (Å²) in [5.41, 5.74) is 1.03. The normalized spacial score (nSPS) is 22.2. The molecule has 124 valence electrons. The molecular weight excluding hydrogens is 294 g/mol. The summed E-state index contributed by atoms with van der Waals surface area (Å²) in [7, 11) is 1.65. The van der Waals surface area contributed by atoms with Crippen LogP contribution in [0.1, 0.15) is 12.2 Å². The van der Waals surface area contributed by atoms with Crippen molar-refractivity contribution >= 4 is 0 Å². The minimum atomic E-state index is -0.474. The second-order valence-corrected chi connectivity index (χ2v) is 5.95. The van der Waals surface area contributed by atoms with Crippen molar-refractivity contribution in [2.24, 2.45) is 5.92 Å². The molecule has 0 bridgehead atoms. The number of imidazole rings is 1. The highest BCUT2D eigenvalue weighted by Gasteiger charge is 2.27. The average molecular weight is 317 g/mol. The van der Waals surface area contributed by atoms with Crippen molar-refractivity contribution in [2.45, 2.75) is 19.1 Å². The minimum absolute atomic E-state index is 0.00687. The number of β-amino-alcohol motifs (C(OH)–C–C–N with tert-alkyl or cyclic N) is 1. The zero-order valence-electron chi connectivity index (χ0n) is 13.3. The van der Waals surface area contributed by atoms with Gasteiger partial charge in [0.05, 0.1) is 19.8 Å². The third-order valence-corrected chi connectivity index (χ3v) is 4.47. The van der Waals surface area contributed by atoms with Crippen LogP contribution in [0.2, 0.25) is 0 Å². The van der Waals surface area contributed by atoms with Gasteiger partial charge in [0, 0.05) is 37.2 Å². The molecule has 6 nitrogen and oxygen atoms in total. The Balaban J connectivity index is 1.71. The topological polar surface area (TPSA) is 70.8 Å². The minimum Gasteiger partial charge on any atom is -0.497 e. The number of ether oxygens (including phenoxy) is 1. The average Bonchev–Trinajstić information content (AvgIpc) is 3.03. The van der Waals surface area contributed by atoms with Gasteiger partial charge in [0.25, 0.3) is 0 Å². The summed E-state index contributed by atoms with van der Waals surface area (Å²) in [5, 5.41) is 19.3. The Kier molecular flexibility index (Phi) is 4.95. The molecule has 1 aliphatic heterocycles. The highest BCUT2D eigenvalue weighted by atomic mass is 16.5. The van der Waals surface area contributed by atoms with Gasteiger partial charge in [0.15, 0.2) is 0 Å². The number of likely N-dealkylation sites (tertiary alicyclic amines) is 1. The lowest BCUT2D eigenvalue weighted by molar-refractivity contribution is -0.00528. The maximum atomic E-state index is 10.1. The zero-order chi connectivity index (χ0) is 16.2. The molecule has 0 amide bonds. The Bertz CT molecular complexity index is 626. The molecule has 1 aromatic heterocycles. The van der Waals surface area contributed by atoms with Gasteiger partial charge in [-0.25, -0.2) is 4.98 Å². The van der Waals surface area contributed by atoms with Crippen molar-refractivity contribution in [3.05, 3.63) is 42.5 Å². The highest BCUT2D eigenvalue weighted by Crippen LogP contribution is 2.21. The van der Waals surface area contributed by atoms with Crippen LogP contribution in [0.15, 0.2) is 36.7 Å². The van der Waals surface area contributed by atoms with Crippen molar-refractivity contribution < 1.29 is 14.9 Å². The molecule has 2 N–H and O–H groups in total. The van der Waals surface area contributed by atoms with E-state index in [1.54, 1.807) is 13.3 Å². The van der Waals surface area contributed by atoms with E-state index in [-0.39, 0.29) is 12.5 Å². The van der Waals surface area contributed by atoms with E-state index in [1.807, 2.05) is 35.0 Å². The first-order chi connectivity index (χ1) is 11.2. The van der Waals surface area contributed by atoms with E-state index in [0.29, 0.717) is 13.1 Å². The molecule has 0 aliphatic carbocycles. The van der Waals surface area contributed by atoms with Crippen LogP contribution in [0, 0.1) is 5.92 Å². The van der Waals surface area contributed by atoms with Gasteiger partial charge in [0.2, 0.25) is 0 Å². The van der Waals surface area contributed by atoms with E-state index in [4.69, 9.17) is 4.74 Å². The van der Waals surface area contributed by atoms with Crippen molar-refractivity contribution in [1.29, 1.82) is 0 Å². The first kappa shape index (κ1) is 16.0. The number of methoxy groups -OCH3 is 1. The quantitative estimate of drug-likeness (QED) is 0.863. The summed E-state index contributed by atoms with van der Waals surface area (Å²) < 4.78 is 7.23. The summed E-state index contributed by atoms with van der Waals surface area (Å²) in [6, 6.07) is 7.85. The largest absolute Gasteiger partial charge is 0.497 e. The fourth-order valence-corrected chi connectivity index (χ4v) is 3.03. The Hall–Kier alpha value is -1.89. The van der Waals surface area contributed by atoms with E-state index in [0.717, 1.165) is 30.2 Å². The number of nitrogens with zero attached hydrogens (tertiary/aromatic N) is 3. The third kappa shape index (κ3) is 3.55. The smallest absolute Gasteiger partial charge is 0.127 e. The molecule has 0 saturated carbocycles. The SMILES string of the molecule is COc1ccc(-n2ccnc2CN2CC[C@H](CO)[C@H](O)C2)cc1. The maximum Gasteiger partial charge on any atom is 0.127 e. The van der Waals surface area contributed by atoms with Crippen molar-refractivity contribution in [3.8, 4) is 11.4 Å². The summed E-state index contributed by atoms with van der Waals surface area (Å²) in [4.78, 5) is 6.63. The number of rotatable bonds is 5. The number of piperidine rings is 1. The molecule has 23 heavy (non-hydrogen) atoms. The van der Waals surface area contributed by atoms with E-state index < -0.39 is 6.10 Å². The Morgan fingerprint density at radius 2 is 2.09 bits per heavy atom. The second-order valence-electron chi connectivity index (χ2n) is 5.95. The van der Waals surface area contributed by atoms with E-state index in [9.17, 15) is 10.2 Å². The second kappa shape index (κ2) is 7.12. The van der Waals surface area contributed by atoms with Crippen LogP contribution in [0.3, 0.4) is 0 Å². The van der Waals surface area contributed by atoms with Gasteiger partial charge in [-0.3, -0.25) is 4.90 Å². The summed E-state index contributed by atoms with van der Waals surface area (Å²) in [6.07, 6.45) is 4.06. The number of aliphatic hydroxyl groups is 2. The summed E-state index contributed by atoms with van der Waals surface area (Å²) in [5.74, 6) is 1.75. The number of aromatic nitrogens is 2. The highest BCUT2D eigenvalue weighted by molar-refractivity contribution is 5.38. The van der Waals surface area contributed by atoms with Crippen LogP contribution in [0.4, 0.5) is 0 Å². The molecular formula is C17H23N3O3. The van der Waals surface area contributed by atoms with Gasteiger partial charge in [-0.1, -0.05) is 0 Å². The molecule has 2 atom stereocenters. The van der Waals surface area contributed by atoms with Gasteiger partial charge in [-0.05, 0) is 37.2 Å².